The molecule has 0 aromatic heterocycles. The number of nitrogens with two attached hydrogens (primary N) is 1. The highest BCUT2D eigenvalue weighted by Gasteiger charge is 2.53. The summed E-state index contributed by atoms with van der Waals surface area (Å²) in [4.78, 5) is 45.2. The molecule has 10 nitrogen and oxygen atoms in total. The van der Waals surface area contributed by atoms with Crippen LogP contribution in [0, 0.1) is 11.7 Å². The molecular formula is C30H42FN5O5. The third-order valence-electron chi connectivity index (χ3n) is 9.62. The maximum Gasteiger partial charge on any atom is 0.411 e. The van der Waals surface area contributed by atoms with Gasteiger partial charge in [0.2, 0.25) is 11.8 Å². The number of carbonyl (C=O) groups is 3. The maximum absolute atomic E-state index is 15.4. The third-order valence-corrected chi connectivity index (χ3v) is 9.62. The van der Waals surface area contributed by atoms with Crippen molar-refractivity contribution in [3.63, 3.8) is 0 Å². The number of fused-ring (bicyclic) bond motifs is 3. The summed E-state index contributed by atoms with van der Waals surface area (Å²) in [6.07, 6.45) is 3.85. The molecule has 0 spiro atoms. The number of anilines is 1. The SMILES string of the molecule is CC(C)(C)OC(=O)N1C2CCC(C2)C1C(=O)N[C@@H](Cc1ccc(N2CCC3C2CCN3C2COC2)cc1F)C(N)=O. The number of hydrogen-bond donors (Lipinski definition) is 2. The molecule has 3 amide bonds. The number of nitrogens with one attached hydrogen (secondary N) is 1. The van der Waals surface area contributed by atoms with Crippen LogP contribution in [0.1, 0.15) is 58.4 Å². The molecule has 3 N–H and O–H groups in total. The first-order valence-electron chi connectivity index (χ1n) is 15.0. The van der Waals surface area contributed by atoms with E-state index < -0.39 is 41.4 Å². The predicted octanol–water partition coefficient (Wildman–Crippen LogP) is 2.18. The minimum atomic E-state index is -1.10. The van der Waals surface area contributed by atoms with Crippen LogP contribution >= 0.6 is 0 Å². The van der Waals surface area contributed by atoms with Gasteiger partial charge < -0.3 is 25.4 Å². The van der Waals surface area contributed by atoms with E-state index >= 15 is 4.39 Å². The Balaban J connectivity index is 1.12. The smallest absolute Gasteiger partial charge is 0.411 e. The number of rotatable bonds is 7. The average molecular weight is 572 g/mol. The highest BCUT2D eigenvalue weighted by Crippen LogP contribution is 2.43. The van der Waals surface area contributed by atoms with Crippen molar-refractivity contribution in [2.75, 3.05) is 31.2 Å². The van der Waals surface area contributed by atoms with Gasteiger partial charge in [-0.25, -0.2) is 9.18 Å². The maximum atomic E-state index is 15.4. The number of hydrogen-bond acceptors (Lipinski definition) is 7. The zero-order valence-corrected chi connectivity index (χ0v) is 24.2. The lowest BCUT2D eigenvalue weighted by atomic mass is 9.97. The normalized spacial score (nSPS) is 30.3. The molecule has 1 aromatic carbocycles. The lowest BCUT2D eigenvalue weighted by Crippen LogP contribution is -2.57. The molecule has 2 bridgehead atoms. The molecule has 1 aromatic rings. The molecule has 4 aliphatic heterocycles. The molecule has 11 heteroatoms. The van der Waals surface area contributed by atoms with Crippen LogP contribution in [0.2, 0.25) is 0 Å². The van der Waals surface area contributed by atoms with Gasteiger partial charge in [0.25, 0.3) is 0 Å². The van der Waals surface area contributed by atoms with E-state index in [-0.39, 0.29) is 18.4 Å². The molecule has 5 unspecified atom stereocenters. The van der Waals surface area contributed by atoms with Crippen LogP contribution in [0.3, 0.4) is 0 Å². The fourth-order valence-corrected chi connectivity index (χ4v) is 7.69. The Morgan fingerprint density at radius 1 is 1.10 bits per heavy atom. The number of likely N-dealkylation sites (tertiary alicyclic amines) is 2. The van der Waals surface area contributed by atoms with Crippen LogP contribution in [0.4, 0.5) is 14.9 Å². The lowest BCUT2D eigenvalue weighted by molar-refractivity contribution is -0.132. The molecule has 4 saturated heterocycles. The zero-order chi connectivity index (χ0) is 29.1. The molecule has 5 aliphatic rings. The molecule has 6 atom stereocenters. The number of halogens is 1. The molecule has 41 heavy (non-hydrogen) atoms. The van der Waals surface area contributed by atoms with Gasteiger partial charge in [0.05, 0.1) is 19.3 Å². The van der Waals surface area contributed by atoms with Gasteiger partial charge in [0.15, 0.2) is 0 Å². The molecular weight excluding hydrogens is 529 g/mol. The predicted molar refractivity (Wildman–Crippen MR) is 150 cm³/mol. The Bertz CT molecular complexity index is 1200. The molecule has 4 heterocycles. The van der Waals surface area contributed by atoms with Gasteiger partial charge in [-0.05, 0) is 76.5 Å². The Labute approximate surface area is 240 Å². The van der Waals surface area contributed by atoms with E-state index in [1.54, 1.807) is 26.8 Å². The van der Waals surface area contributed by atoms with E-state index in [0.29, 0.717) is 23.7 Å². The van der Waals surface area contributed by atoms with Crippen LogP contribution in [-0.2, 0) is 25.5 Å². The van der Waals surface area contributed by atoms with Crippen molar-refractivity contribution in [1.29, 1.82) is 0 Å². The van der Waals surface area contributed by atoms with E-state index in [9.17, 15) is 14.4 Å². The zero-order valence-electron chi connectivity index (χ0n) is 24.2. The molecule has 1 saturated carbocycles. The minimum Gasteiger partial charge on any atom is -0.444 e. The number of benzene rings is 1. The standard InChI is InChI=1S/C30H42FN5O5/c1-30(2,3)41-29(39)36-20-7-5-18(12-20)26(36)28(38)33-23(27(32)37)13-17-4-6-19(14-22(17)31)34-10-8-25-24(34)9-11-35(25)21-15-40-16-21/h4,6,14,18,20-21,23-26H,5,7-13,15-16H2,1-3H3,(H2,32,37)(H,33,38)/t18?,20?,23-,24?,25?,26?/m0/s1. The van der Waals surface area contributed by atoms with Crippen molar-refractivity contribution in [1.82, 2.24) is 15.1 Å². The molecule has 0 radical (unpaired) electrons. The van der Waals surface area contributed by atoms with Gasteiger partial charge in [-0.1, -0.05) is 6.07 Å². The first-order chi connectivity index (χ1) is 19.5. The van der Waals surface area contributed by atoms with Gasteiger partial charge in [-0.15, -0.1) is 0 Å². The van der Waals surface area contributed by atoms with E-state index in [1.165, 1.54) is 11.0 Å². The Kier molecular flexibility index (Phi) is 7.38. The summed E-state index contributed by atoms with van der Waals surface area (Å²) in [5, 5.41) is 2.74. The molecule has 224 valence electrons. The second-order valence-corrected chi connectivity index (χ2v) is 13.3. The third kappa shape index (κ3) is 5.38. The van der Waals surface area contributed by atoms with Crippen molar-refractivity contribution < 1.29 is 28.2 Å². The van der Waals surface area contributed by atoms with Crippen LogP contribution in [-0.4, -0.2) is 95.9 Å². The Morgan fingerprint density at radius 2 is 1.85 bits per heavy atom. The summed E-state index contributed by atoms with van der Waals surface area (Å²) < 4.78 is 26.4. The summed E-state index contributed by atoms with van der Waals surface area (Å²) in [6, 6.07) is 4.53. The van der Waals surface area contributed by atoms with Gasteiger partial charge in [-0.3, -0.25) is 19.4 Å². The number of amides is 3. The quantitative estimate of drug-likeness (QED) is 0.515. The molecule has 5 fully saturated rings. The van der Waals surface area contributed by atoms with Crippen molar-refractivity contribution in [2.24, 2.45) is 11.7 Å². The summed E-state index contributed by atoms with van der Waals surface area (Å²) in [5.41, 5.74) is 6.12. The topological polar surface area (TPSA) is 117 Å². The highest BCUT2D eigenvalue weighted by molar-refractivity contribution is 5.91. The lowest BCUT2D eigenvalue weighted by Gasteiger charge is -2.38. The van der Waals surface area contributed by atoms with Crippen LogP contribution in [0.15, 0.2) is 18.2 Å². The Morgan fingerprint density at radius 3 is 2.51 bits per heavy atom. The van der Waals surface area contributed by atoms with Gasteiger partial charge in [-0.2, -0.15) is 0 Å². The van der Waals surface area contributed by atoms with Crippen molar-refractivity contribution in [3.05, 3.63) is 29.6 Å². The van der Waals surface area contributed by atoms with Gasteiger partial charge >= 0.3 is 6.09 Å². The summed E-state index contributed by atoms with van der Waals surface area (Å²) >= 11 is 0. The Hall–Kier alpha value is -2.92. The first-order valence-corrected chi connectivity index (χ1v) is 15.0. The minimum absolute atomic E-state index is 0.00955. The number of nitrogens with zero attached hydrogens (tertiary/aromatic N) is 3. The van der Waals surface area contributed by atoms with E-state index in [4.69, 9.17) is 15.2 Å². The number of ether oxygens (including phenoxy) is 2. The van der Waals surface area contributed by atoms with Crippen molar-refractivity contribution >= 4 is 23.6 Å². The second kappa shape index (κ2) is 10.7. The number of carbonyl (C=O) groups excluding carboxylic acids is 3. The number of piperidine rings is 1. The molecule has 6 rings (SSSR count). The van der Waals surface area contributed by atoms with E-state index in [0.717, 1.165) is 64.1 Å². The average Bonchev–Trinajstić information content (AvgIpc) is 3.64. The fourth-order valence-electron chi connectivity index (χ4n) is 7.69. The summed E-state index contributed by atoms with van der Waals surface area (Å²) in [5.74, 6) is -1.63. The van der Waals surface area contributed by atoms with Gasteiger partial charge in [0.1, 0.15) is 23.5 Å². The highest BCUT2D eigenvalue weighted by atomic mass is 19.1. The monoisotopic (exact) mass is 571 g/mol. The fraction of sp³-hybridized carbons (Fsp3) is 0.700. The van der Waals surface area contributed by atoms with Crippen molar-refractivity contribution in [3.8, 4) is 0 Å². The van der Waals surface area contributed by atoms with Crippen LogP contribution in [0.5, 0.6) is 0 Å². The largest absolute Gasteiger partial charge is 0.444 e. The number of primary amides is 1. The summed E-state index contributed by atoms with van der Waals surface area (Å²) in [6.45, 7) is 8.85. The second-order valence-electron chi connectivity index (χ2n) is 13.3. The van der Waals surface area contributed by atoms with Gasteiger partial charge in [0, 0.05) is 43.3 Å². The van der Waals surface area contributed by atoms with Crippen LogP contribution in [0.25, 0.3) is 0 Å². The first kappa shape index (κ1) is 28.2. The summed E-state index contributed by atoms with van der Waals surface area (Å²) in [7, 11) is 0. The van der Waals surface area contributed by atoms with E-state index in [1.807, 2.05) is 6.07 Å². The van der Waals surface area contributed by atoms with E-state index in [2.05, 4.69) is 15.1 Å². The van der Waals surface area contributed by atoms with Crippen molar-refractivity contribution in [2.45, 2.75) is 101 Å². The molecule has 1 aliphatic carbocycles. The van der Waals surface area contributed by atoms with Crippen LogP contribution < -0.4 is 16.0 Å².